The Morgan fingerprint density at radius 2 is 1.75 bits per heavy atom. The first-order valence-electron chi connectivity index (χ1n) is 6.09. The van der Waals surface area contributed by atoms with Gasteiger partial charge in [0.15, 0.2) is 0 Å². The minimum absolute atomic E-state index is 0.0809. The highest BCUT2D eigenvalue weighted by Gasteiger charge is 2.32. The predicted octanol–water partition coefficient (Wildman–Crippen LogP) is 0.993. The average Bonchev–Trinajstić information content (AvgIpc) is 2.81. The van der Waals surface area contributed by atoms with E-state index >= 15 is 0 Å². The Labute approximate surface area is 96.1 Å². The molecule has 0 bridgehead atoms. The lowest BCUT2D eigenvalue weighted by molar-refractivity contribution is 0.140. The van der Waals surface area contributed by atoms with Crippen molar-refractivity contribution in [2.24, 2.45) is 5.73 Å². The zero-order valence-electron chi connectivity index (χ0n) is 9.61. The third-order valence-corrected chi connectivity index (χ3v) is 3.48. The van der Waals surface area contributed by atoms with Crippen molar-refractivity contribution in [3.05, 3.63) is 0 Å². The molecule has 2 heterocycles. The Balaban J connectivity index is 2.04. The summed E-state index contributed by atoms with van der Waals surface area (Å²) in [6.45, 7) is 2.47. The molecule has 0 aromatic carbocycles. The monoisotopic (exact) mass is 224 g/mol. The molecule has 5 nitrogen and oxygen atoms in total. The topological polar surface area (TPSA) is 73.4 Å². The summed E-state index contributed by atoms with van der Waals surface area (Å²) in [7, 11) is 0. The van der Waals surface area contributed by atoms with Crippen molar-refractivity contribution in [1.82, 2.24) is 9.80 Å². The van der Waals surface area contributed by atoms with E-state index in [0.717, 1.165) is 51.7 Å². The zero-order chi connectivity index (χ0) is 11.5. The lowest BCUT2D eigenvalue weighted by Gasteiger charge is -2.37. The lowest BCUT2D eigenvalue weighted by Crippen LogP contribution is -2.54. The molecule has 2 amide bonds. The fourth-order valence-electron chi connectivity index (χ4n) is 2.57. The number of carbonyl (C=O) groups excluding carboxylic acids is 1. The standard InChI is InChI=1S/C11H20N4O/c12-10(13)9-5-1-2-8-15(9)11(16)14-6-3-4-7-14/h9H,1-8H2,(H3,12,13). The molecule has 2 rings (SSSR count). The SMILES string of the molecule is N=C(N)C1CCCCN1C(=O)N1CCCC1. The number of rotatable bonds is 1. The van der Waals surface area contributed by atoms with Gasteiger partial charge in [-0.15, -0.1) is 0 Å². The molecular weight excluding hydrogens is 204 g/mol. The van der Waals surface area contributed by atoms with Crippen LogP contribution in [0.2, 0.25) is 0 Å². The summed E-state index contributed by atoms with van der Waals surface area (Å²) in [5.41, 5.74) is 5.56. The van der Waals surface area contributed by atoms with E-state index < -0.39 is 0 Å². The number of nitrogens with one attached hydrogen (secondary N) is 1. The van der Waals surface area contributed by atoms with Gasteiger partial charge in [0.1, 0.15) is 5.84 Å². The Morgan fingerprint density at radius 1 is 1.12 bits per heavy atom. The van der Waals surface area contributed by atoms with Gasteiger partial charge in [-0.3, -0.25) is 5.41 Å². The van der Waals surface area contributed by atoms with E-state index in [-0.39, 0.29) is 17.9 Å². The smallest absolute Gasteiger partial charge is 0.320 e. The molecule has 0 aromatic heterocycles. The molecule has 1 unspecified atom stereocenters. The minimum Gasteiger partial charge on any atom is -0.386 e. The quantitative estimate of drug-likeness (QED) is 0.515. The molecule has 0 spiro atoms. The number of nitrogens with zero attached hydrogens (tertiary/aromatic N) is 2. The van der Waals surface area contributed by atoms with Crippen LogP contribution in [-0.2, 0) is 0 Å². The maximum atomic E-state index is 12.2. The van der Waals surface area contributed by atoms with E-state index in [0.29, 0.717) is 0 Å². The number of hydrogen-bond donors (Lipinski definition) is 2. The first-order chi connectivity index (χ1) is 7.70. The van der Waals surface area contributed by atoms with Crippen LogP contribution in [-0.4, -0.2) is 47.3 Å². The van der Waals surface area contributed by atoms with Gasteiger partial charge in [-0.1, -0.05) is 0 Å². The number of amidine groups is 1. The highest BCUT2D eigenvalue weighted by molar-refractivity contribution is 5.88. The second-order valence-electron chi connectivity index (χ2n) is 4.64. The molecule has 0 saturated carbocycles. The van der Waals surface area contributed by atoms with Crippen LogP contribution >= 0.6 is 0 Å². The number of carbonyl (C=O) groups is 1. The van der Waals surface area contributed by atoms with Gasteiger partial charge in [-0.25, -0.2) is 4.79 Å². The number of nitrogens with two attached hydrogens (primary N) is 1. The van der Waals surface area contributed by atoms with E-state index in [4.69, 9.17) is 11.1 Å². The molecule has 2 aliphatic heterocycles. The number of urea groups is 1. The zero-order valence-corrected chi connectivity index (χ0v) is 9.61. The van der Waals surface area contributed by atoms with Crippen LogP contribution in [0.3, 0.4) is 0 Å². The van der Waals surface area contributed by atoms with Crippen molar-refractivity contribution in [2.45, 2.75) is 38.1 Å². The van der Waals surface area contributed by atoms with Crippen LogP contribution in [0.25, 0.3) is 0 Å². The van der Waals surface area contributed by atoms with Crippen LogP contribution in [0, 0.1) is 5.41 Å². The van der Waals surface area contributed by atoms with Crippen molar-refractivity contribution in [3.8, 4) is 0 Å². The Hall–Kier alpha value is -1.26. The van der Waals surface area contributed by atoms with Gasteiger partial charge in [0.05, 0.1) is 6.04 Å². The van der Waals surface area contributed by atoms with E-state index in [9.17, 15) is 4.79 Å². The second-order valence-corrected chi connectivity index (χ2v) is 4.64. The van der Waals surface area contributed by atoms with Crippen molar-refractivity contribution in [1.29, 1.82) is 5.41 Å². The molecule has 5 heteroatoms. The predicted molar refractivity (Wildman–Crippen MR) is 62.5 cm³/mol. The minimum atomic E-state index is -0.165. The van der Waals surface area contributed by atoms with Crippen molar-refractivity contribution < 1.29 is 4.79 Å². The van der Waals surface area contributed by atoms with E-state index in [1.165, 1.54) is 0 Å². The Kier molecular flexibility index (Phi) is 3.31. The summed E-state index contributed by atoms with van der Waals surface area (Å²) in [4.78, 5) is 15.9. The number of piperidine rings is 1. The van der Waals surface area contributed by atoms with Gasteiger partial charge in [0.2, 0.25) is 0 Å². The van der Waals surface area contributed by atoms with Gasteiger partial charge >= 0.3 is 6.03 Å². The molecule has 2 fully saturated rings. The third kappa shape index (κ3) is 2.13. The van der Waals surface area contributed by atoms with E-state index in [2.05, 4.69) is 0 Å². The number of likely N-dealkylation sites (tertiary alicyclic amines) is 2. The first kappa shape index (κ1) is 11.2. The fraction of sp³-hybridized carbons (Fsp3) is 0.818. The highest BCUT2D eigenvalue weighted by atomic mass is 16.2. The molecule has 0 aromatic rings. The molecule has 3 N–H and O–H groups in total. The summed E-state index contributed by atoms with van der Waals surface area (Å²) in [6.07, 6.45) is 5.14. The summed E-state index contributed by atoms with van der Waals surface area (Å²) < 4.78 is 0. The summed E-state index contributed by atoms with van der Waals surface area (Å²) in [5, 5.41) is 7.55. The van der Waals surface area contributed by atoms with Crippen molar-refractivity contribution in [3.63, 3.8) is 0 Å². The molecular formula is C11H20N4O. The molecule has 2 aliphatic rings. The fourth-order valence-corrected chi connectivity index (χ4v) is 2.57. The van der Waals surface area contributed by atoms with Crippen LogP contribution in [0.15, 0.2) is 0 Å². The normalized spacial score (nSPS) is 25.9. The molecule has 0 aliphatic carbocycles. The Bertz CT molecular complexity index is 286. The summed E-state index contributed by atoms with van der Waals surface area (Å²) >= 11 is 0. The molecule has 16 heavy (non-hydrogen) atoms. The largest absolute Gasteiger partial charge is 0.386 e. The van der Waals surface area contributed by atoms with Gasteiger partial charge in [-0.2, -0.15) is 0 Å². The van der Waals surface area contributed by atoms with Crippen LogP contribution in [0.1, 0.15) is 32.1 Å². The van der Waals surface area contributed by atoms with Gasteiger partial charge in [0, 0.05) is 19.6 Å². The maximum Gasteiger partial charge on any atom is 0.320 e. The number of hydrogen-bond acceptors (Lipinski definition) is 2. The molecule has 0 radical (unpaired) electrons. The Morgan fingerprint density at radius 3 is 2.38 bits per heavy atom. The third-order valence-electron chi connectivity index (χ3n) is 3.48. The first-order valence-corrected chi connectivity index (χ1v) is 6.09. The highest BCUT2D eigenvalue weighted by Crippen LogP contribution is 2.20. The van der Waals surface area contributed by atoms with E-state index in [1.807, 2.05) is 4.90 Å². The van der Waals surface area contributed by atoms with Crippen LogP contribution in [0.5, 0.6) is 0 Å². The molecule has 90 valence electrons. The van der Waals surface area contributed by atoms with Crippen LogP contribution < -0.4 is 5.73 Å². The lowest BCUT2D eigenvalue weighted by atomic mass is 10.0. The second kappa shape index (κ2) is 4.72. The number of amides is 2. The molecule has 1 atom stereocenters. The van der Waals surface area contributed by atoms with Crippen LogP contribution in [0.4, 0.5) is 4.79 Å². The summed E-state index contributed by atoms with van der Waals surface area (Å²) in [5.74, 6) is 0.132. The van der Waals surface area contributed by atoms with Gasteiger partial charge in [-0.05, 0) is 32.1 Å². The average molecular weight is 224 g/mol. The molecule has 2 saturated heterocycles. The van der Waals surface area contributed by atoms with Crippen molar-refractivity contribution in [2.75, 3.05) is 19.6 Å². The van der Waals surface area contributed by atoms with Gasteiger partial charge < -0.3 is 15.5 Å². The van der Waals surface area contributed by atoms with Gasteiger partial charge in [0.25, 0.3) is 0 Å². The van der Waals surface area contributed by atoms with E-state index in [1.54, 1.807) is 4.90 Å². The maximum absolute atomic E-state index is 12.2. The summed E-state index contributed by atoms with van der Waals surface area (Å²) in [6, 6.07) is -0.0840. The van der Waals surface area contributed by atoms with Crippen molar-refractivity contribution >= 4 is 11.9 Å².